The molecule has 2 N–H and O–H groups in total. The van der Waals surface area contributed by atoms with Crippen LogP contribution in [0.3, 0.4) is 0 Å². The van der Waals surface area contributed by atoms with Crippen LogP contribution in [-0.2, 0) is 4.74 Å². The van der Waals surface area contributed by atoms with E-state index in [4.69, 9.17) is 21.4 Å². The molecule has 18 heavy (non-hydrogen) atoms. The number of hydrogen-bond donors (Lipinski definition) is 2. The fraction of sp³-hybridized carbons (Fsp3) is 0.364. The van der Waals surface area contributed by atoms with Gasteiger partial charge >= 0.3 is 12.1 Å². The molecule has 0 radical (unpaired) electrons. The van der Waals surface area contributed by atoms with Gasteiger partial charge in [-0.15, -0.1) is 0 Å². The Morgan fingerprint density at radius 2 is 2.06 bits per heavy atom. The second kappa shape index (κ2) is 5.22. The summed E-state index contributed by atoms with van der Waals surface area (Å²) in [6.45, 7) is 5.18. The van der Waals surface area contributed by atoms with Gasteiger partial charge in [0, 0.05) is 0 Å². The third-order valence-electron chi connectivity index (χ3n) is 1.69. The molecular weight excluding hydrogens is 260 g/mol. The minimum absolute atomic E-state index is 0.0592. The minimum atomic E-state index is -1.23. The molecule has 0 saturated carbocycles. The molecule has 1 aromatic heterocycles. The van der Waals surface area contributed by atoms with Crippen LogP contribution in [0.1, 0.15) is 31.3 Å². The summed E-state index contributed by atoms with van der Waals surface area (Å²) in [7, 11) is 0. The largest absolute Gasteiger partial charge is 0.476 e. The van der Waals surface area contributed by atoms with Crippen molar-refractivity contribution in [3.05, 3.63) is 23.0 Å². The zero-order valence-corrected chi connectivity index (χ0v) is 10.9. The van der Waals surface area contributed by atoms with Crippen LogP contribution in [-0.4, -0.2) is 27.8 Å². The molecular formula is C11H13ClN2O4. The van der Waals surface area contributed by atoms with E-state index in [0.717, 1.165) is 0 Å². The number of aromatic carboxylic acids is 1. The van der Waals surface area contributed by atoms with E-state index in [1.165, 1.54) is 12.3 Å². The van der Waals surface area contributed by atoms with E-state index in [2.05, 4.69) is 10.3 Å². The van der Waals surface area contributed by atoms with Crippen molar-refractivity contribution in [2.45, 2.75) is 26.4 Å². The van der Waals surface area contributed by atoms with Crippen LogP contribution in [0.5, 0.6) is 0 Å². The van der Waals surface area contributed by atoms with Gasteiger partial charge in [0.05, 0.1) is 16.9 Å². The number of anilines is 1. The van der Waals surface area contributed by atoms with Crippen molar-refractivity contribution in [3.63, 3.8) is 0 Å². The van der Waals surface area contributed by atoms with Gasteiger partial charge in [-0.05, 0) is 26.8 Å². The van der Waals surface area contributed by atoms with Gasteiger partial charge in [-0.1, -0.05) is 11.6 Å². The molecule has 0 aromatic carbocycles. The second-order valence-electron chi connectivity index (χ2n) is 4.49. The summed E-state index contributed by atoms with van der Waals surface area (Å²) in [5.41, 5.74) is -0.631. The van der Waals surface area contributed by atoms with E-state index in [0.29, 0.717) is 0 Å². The van der Waals surface area contributed by atoms with Crippen molar-refractivity contribution >= 4 is 29.4 Å². The Hall–Kier alpha value is -1.82. The SMILES string of the molecule is CC(C)(C)OC(=O)Nc1cnc(C(=O)O)c(Cl)c1. The Morgan fingerprint density at radius 3 is 2.50 bits per heavy atom. The predicted octanol–water partition coefficient (Wildman–Crippen LogP) is 2.78. The first-order valence-electron chi connectivity index (χ1n) is 5.08. The number of nitrogens with one attached hydrogen (secondary N) is 1. The molecule has 0 saturated heterocycles. The van der Waals surface area contributed by atoms with Gasteiger partial charge in [-0.3, -0.25) is 5.32 Å². The molecule has 0 unspecified atom stereocenters. The monoisotopic (exact) mass is 272 g/mol. The lowest BCUT2D eigenvalue weighted by atomic mass is 10.2. The van der Waals surface area contributed by atoms with Crippen molar-refractivity contribution in [3.8, 4) is 0 Å². The van der Waals surface area contributed by atoms with Crippen molar-refractivity contribution in [1.29, 1.82) is 0 Å². The number of aromatic nitrogens is 1. The summed E-state index contributed by atoms with van der Waals surface area (Å²) in [5.74, 6) is -1.23. The molecule has 6 nitrogen and oxygen atoms in total. The number of rotatable bonds is 2. The number of ether oxygens (including phenoxy) is 1. The van der Waals surface area contributed by atoms with E-state index in [1.54, 1.807) is 20.8 Å². The van der Waals surface area contributed by atoms with Gasteiger partial charge in [0.15, 0.2) is 5.69 Å². The topological polar surface area (TPSA) is 88.5 Å². The maximum absolute atomic E-state index is 11.4. The molecule has 1 aromatic rings. The van der Waals surface area contributed by atoms with Gasteiger partial charge in [0.2, 0.25) is 0 Å². The first-order valence-corrected chi connectivity index (χ1v) is 5.45. The highest BCUT2D eigenvalue weighted by Crippen LogP contribution is 2.19. The van der Waals surface area contributed by atoms with Crippen molar-refractivity contribution in [1.82, 2.24) is 4.98 Å². The maximum Gasteiger partial charge on any atom is 0.412 e. The maximum atomic E-state index is 11.4. The Morgan fingerprint density at radius 1 is 1.44 bits per heavy atom. The fourth-order valence-electron chi connectivity index (χ4n) is 1.09. The third-order valence-corrected chi connectivity index (χ3v) is 1.98. The smallest absolute Gasteiger partial charge is 0.412 e. The summed E-state index contributed by atoms with van der Waals surface area (Å²) >= 11 is 5.71. The van der Waals surface area contributed by atoms with E-state index in [1.807, 2.05) is 0 Å². The third kappa shape index (κ3) is 4.21. The van der Waals surface area contributed by atoms with E-state index < -0.39 is 17.7 Å². The Labute approximate surface area is 109 Å². The average Bonchev–Trinajstić information content (AvgIpc) is 2.13. The zero-order valence-electron chi connectivity index (χ0n) is 10.2. The van der Waals surface area contributed by atoms with E-state index in [-0.39, 0.29) is 16.4 Å². The average molecular weight is 273 g/mol. The van der Waals surface area contributed by atoms with Gasteiger partial charge in [0.1, 0.15) is 5.60 Å². The molecule has 1 heterocycles. The lowest BCUT2D eigenvalue weighted by molar-refractivity contribution is 0.0634. The normalized spacial score (nSPS) is 10.9. The summed E-state index contributed by atoms with van der Waals surface area (Å²) in [6.07, 6.45) is 0.530. The number of carbonyl (C=O) groups is 2. The Kier molecular flexibility index (Phi) is 4.13. The van der Waals surface area contributed by atoms with Crippen molar-refractivity contribution < 1.29 is 19.4 Å². The molecule has 0 aliphatic rings. The Balaban J connectivity index is 2.78. The summed E-state index contributed by atoms with van der Waals surface area (Å²) in [6, 6.07) is 1.29. The standard InChI is InChI=1S/C11H13ClN2O4/c1-11(2,3)18-10(17)14-6-4-7(12)8(9(15)16)13-5-6/h4-5H,1-3H3,(H,14,17)(H,15,16). The number of carboxylic acid groups (broad SMARTS) is 1. The number of amides is 1. The summed E-state index contributed by atoms with van der Waals surface area (Å²) in [4.78, 5) is 25.7. The number of nitrogens with zero attached hydrogens (tertiary/aromatic N) is 1. The number of pyridine rings is 1. The minimum Gasteiger partial charge on any atom is -0.476 e. The molecule has 1 amide bonds. The highest BCUT2D eigenvalue weighted by molar-refractivity contribution is 6.33. The van der Waals surface area contributed by atoms with Gasteiger partial charge in [-0.25, -0.2) is 14.6 Å². The first-order chi connectivity index (χ1) is 8.19. The van der Waals surface area contributed by atoms with Gasteiger partial charge in [0.25, 0.3) is 0 Å². The van der Waals surface area contributed by atoms with Gasteiger partial charge in [-0.2, -0.15) is 0 Å². The Bertz CT molecular complexity index is 482. The van der Waals surface area contributed by atoms with Crippen molar-refractivity contribution in [2.24, 2.45) is 0 Å². The fourth-order valence-corrected chi connectivity index (χ4v) is 1.33. The van der Waals surface area contributed by atoms with Crippen LogP contribution >= 0.6 is 11.6 Å². The lowest BCUT2D eigenvalue weighted by Gasteiger charge is -2.19. The molecule has 0 atom stereocenters. The van der Waals surface area contributed by atoms with Crippen molar-refractivity contribution in [2.75, 3.05) is 5.32 Å². The molecule has 0 spiro atoms. The predicted molar refractivity (Wildman–Crippen MR) is 66.1 cm³/mol. The van der Waals surface area contributed by atoms with Crippen LogP contribution in [0, 0.1) is 0 Å². The summed E-state index contributed by atoms with van der Waals surface area (Å²) < 4.78 is 5.02. The lowest BCUT2D eigenvalue weighted by Crippen LogP contribution is -2.27. The van der Waals surface area contributed by atoms with Crippen LogP contribution in [0.4, 0.5) is 10.5 Å². The molecule has 0 fully saturated rings. The van der Waals surface area contributed by atoms with Crippen LogP contribution in [0.2, 0.25) is 5.02 Å². The molecule has 0 bridgehead atoms. The quantitative estimate of drug-likeness (QED) is 0.864. The van der Waals surface area contributed by atoms with Gasteiger partial charge < -0.3 is 9.84 Å². The number of carbonyl (C=O) groups excluding carboxylic acids is 1. The summed E-state index contributed by atoms with van der Waals surface area (Å²) in [5, 5.41) is 11.1. The van der Waals surface area contributed by atoms with Crippen LogP contribution < -0.4 is 5.32 Å². The van der Waals surface area contributed by atoms with Crippen LogP contribution in [0.15, 0.2) is 12.3 Å². The first kappa shape index (κ1) is 14.2. The molecule has 0 aliphatic carbocycles. The molecule has 7 heteroatoms. The molecule has 1 rings (SSSR count). The zero-order chi connectivity index (χ0) is 13.9. The number of halogens is 1. The van der Waals surface area contributed by atoms with Crippen LogP contribution in [0.25, 0.3) is 0 Å². The van der Waals surface area contributed by atoms with E-state index >= 15 is 0 Å². The second-order valence-corrected chi connectivity index (χ2v) is 4.89. The van der Waals surface area contributed by atoms with E-state index in [9.17, 15) is 9.59 Å². The highest BCUT2D eigenvalue weighted by Gasteiger charge is 2.17. The highest BCUT2D eigenvalue weighted by atomic mass is 35.5. The molecule has 98 valence electrons. The number of hydrogen-bond acceptors (Lipinski definition) is 4. The number of carboxylic acids is 1. The molecule has 0 aliphatic heterocycles.